The third-order valence-electron chi connectivity index (χ3n) is 2.12. The normalized spacial score (nSPS) is 10.6. The largest absolute Gasteiger partial charge is 0.507 e. The second kappa shape index (κ2) is 5.07. The Morgan fingerprint density at radius 1 is 1.29 bits per heavy atom. The van der Waals surface area contributed by atoms with E-state index < -0.39 is 0 Å². The van der Waals surface area contributed by atoms with Crippen LogP contribution >= 0.6 is 0 Å². The van der Waals surface area contributed by atoms with E-state index in [4.69, 9.17) is 0 Å². The van der Waals surface area contributed by atoms with Crippen LogP contribution in [0.4, 0.5) is 5.95 Å². The lowest BCUT2D eigenvalue weighted by molar-refractivity contribution is 0.474. The number of aryl methyl sites for hydroxylation is 1. The zero-order valence-electron chi connectivity index (χ0n) is 9.33. The van der Waals surface area contributed by atoms with E-state index in [0.29, 0.717) is 11.5 Å². The van der Waals surface area contributed by atoms with Crippen molar-refractivity contribution in [2.75, 3.05) is 5.43 Å². The van der Waals surface area contributed by atoms with Gasteiger partial charge in [0.1, 0.15) is 5.75 Å². The van der Waals surface area contributed by atoms with Crippen LogP contribution < -0.4 is 5.43 Å². The van der Waals surface area contributed by atoms with Crippen molar-refractivity contribution in [3.8, 4) is 5.75 Å². The molecular weight excluding hydrogens is 216 g/mol. The second-order valence-corrected chi connectivity index (χ2v) is 3.50. The van der Waals surface area contributed by atoms with Crippen LogP contribution in [0.3, 0.4) is 0 Å². The third-order valence-corrected chi connectivity index (χ3v) is 2.12. The Morgan fingerprint density at radius 3 is 2.76 bits per heavy atom. The zero-order chi connectivity index (χ0) is 12.1. The van der Waals surface area contributed by atoms with Gasteiger partial charge in [-0.2, -0.15) is 5.10 Å². The molecule has 2 N–H and O–H groups in total. The van der Waals surface area contributed by atoms with Gasteiger partial charge in [0.15, 0.2) is 0 Å². The number of phenols is 1. The Balaban J connectivity index is 2.06. The molecule has 5 nitrogen and oxygen atoms in total. The zero-order valence-corrected chi connectivity index (χ0v) is 9.33. The smallest absolute Gasteiger partial charge is 0.243 e. The van der Waals surface area contributed by atoms with Crippen molar-refractivity contribution in [1.29, 1.82) is 0 Å². The molecule has 0 bridgehead atoms. The van der Waals surface area contributed by atoms with Gasteiger partial charge in [0.25, 0.3) is 0 Å². The minimum atomic E-state index is 0.199. The van der Waals surface area contributed by atoms with Crippen molar-refractivity contribution in [3.63, 3.8) is 0 Å². The summed E-state index contributed by atoms with van der Waals surface area (Å²) in [6.07, 6.45) is 4.76. The molecule has 1 aromatic heterocycles. The number of rotatable bonds is 3. The summed E-state index contributed by atoms with van der Waals surface area (Å²) >= 11 is 0. The SMILES string of the molecule is Cc1ccc(/C=N/Nc2ncccn2)c(O)c1. The van der Waals surface area contributed by atoms with Crippen LogP contribution in [0, 0.1) is 6.92 Å². The summed E-state index contributed by atoms with van der Waals surface area (Å²) in [5.41, 5.74) is 4.31. The Kier molecular flexibility index (Phi) is 3.30. The quantitative estimate of drug-likeness (QED) is 0.622. The van der Waals surface area contributed by atoms with Crippen molar-refractivity contribution in [1.82, 2.24) is 9.97 Å². The van der Waals surface area contributed by atoms with Crippen LogP contribution in [0.2, 0.25) is 0 Å². The fraction of sp³-hybridized carbons (Fsp3) is 0.0833. The highest BCUT2D eigenvalue weighted by molar-refractivity contribution is 5.83. The molecule has 0 spiro atoms. The maximum absolute atomic E-state index is 9.64. The van der Waals surface area contributed by atoms with Crippen molar-refractivity contribution in [3.05, 3.63) is 47.8 Å². The monoisotopic (exact) mass is 228 g/mol. The number of phenolic OH excluding ortho intramolecular Hbond substituents is 1. The molecule has 5 heteroatoms. The van der Waals surface area contributed by atoms with E-state index in [-0.39, 0.29) is 5.75 Å². The van der Waals surface area contributed by atoms with Crippen LogP contribution in [-0.4, -0.2) is 21.3 Å². The number of benzene rings is 1. The third kappa shape index (κ3) is 3.01. The average Bonchev–Trinajstić information content (AvgIpc) is 2.33. The van der Waals surface area contributed by atoms with Gasteiger partial charge in [-0.15, -0.1) is 0 Å². The van der Waals surface area contributed by atoms with Gasteiger partial charge in [-0.3, -0.25) is 0 Å². The van der Waals surface area contributed by atoms with E-state index in [1.54, 1.807) is 30.6 Å². The lowest BCUT2D eigenvalue weighted by Gasteiger charge is -2.00. The molecule has 0 saturated heterocycles. The minimum absolute atomic E-state index is 0.199. The second-order valence-electron chi connectivity index (χ2n) is 3.50. The number of aromatic nitrogens is 2. The van der Waals surface area contributed by atoms with E-state index in [0.717, 1.165) is 5.56 Å². The predicted molar refractivity (Wildman–Crippen MR) is 66.1 cm³/mol. The van der Waals surface area contributed by atoms with Gasteiger partial charge in [0.2, 0.25) is 5.95 Å². The number of hydrazone groups is 1. The molecule has 1 heterocycles. The molecule has 0 atom stereocenters. The summed E-state index contributed by atoms with van der Waals surface area (Å²) in [5.74, 6) is 0.611. The fourth-order valence-electron chi connectivity index (χ4n) is 1.28. The van der Waals surface area contributed by atoms with Gasteiger partial charge >= 0.3 is 0 Å². The molecule has 0 unspecified atom stereocenters. The average molecular weight is 228 g/mol. The van der Waals surface area contributed by atoms with Gasteiger partial charge in [-0.05, 0) is 30.7 Å². The van der Waals surface area contributed by atoms with E-state index in [1.807, 2.05) is 13.0 Å². The Morgan fingerprint density at radius 2 is 2.06 bits per heavy atom. The number of aromatic hydroxyl groups is 1. The van der Waals surface area contributed by atoms with Crippen LogP contribution in [-0.2, 0) is 0 Å². The molecule has 86 valence electrons. The molecule has 0 amide bonds. The Bertz CT molecular complexity index is 525. The van der Waals surface area contributed by atoms with Gasteiger partial charge < -0.3 is 5.11 Å². The molecule has 0 radical (unpaired) electrons. The van der Waals surface area contributed by atoms with Crippen molar-refractivity contribution in [2.24, 2.45) is 5.10 Å². The summed E-state index contributed by atoms with van der Waals surface area (Å²) in [7, 11) is 0. The maximum atomic E-state index is 9.64. The maximum Gasteiger partial charge on any atom is 0.243 e. The molecule has 17 heavy (non-hydrogen) atoms. The molecule has 0 fully saturated rings. The van der Waals surface area contributed by atoms with Crippen LogP contribution in [0.15, 0.2) is 41.8 Å². The summed E-state index contributed by atoms with van der Waals surface area (Å²) in [4.78, 5) is 7.90. The molecule has 0 aliphatic heterocycles. The van der Waals surface area contributed by atoms with Gasteiger partial charge in [-0.25, -0.2) is 15.4 Å². The summed E-state index contributed by atoms with van der Waals surface area (Å²) < 4.78 is 0. The van der Waals surface area contributed by atoms with Crippen LogP contribution in [0.25, 0.3) is 0 Å². The van der Waals surface area contributed by atoms with Gasteiger partial charge in [-0.1, -0.05) is 6.07 Å². The first-order chi connectivity index (χ1) is 8.25. The lowest BCUT2D eigenvalue weighted by atomic mass is 10.1. The fourth-order valence-corrected chi connectivity index (χ4v) is 1.28. The highest BCUT2D eigenvalue weighted by atomic mass is 16.3. The minimum Gasteiger partial charge on any atom is -0.507 e. The molecule has 1 aromatic carbocycles. The van der Waals surface area contributed by atoms with Crippen molar-refractivity contribution < 1.29 is 5.11 Å². The lowest BCUT2D eigenvalue weighted by Crippen LogP contribution is -1.95. The van der Waals surface area contributed by atoms with Gasteiger partial charge in [0.05, 0.1) is 6.21 Å². The highest BCUT2D eigenvalue weighted by Gasteiger charge is 1.97. The van der Waals surface area contributed by atoms with Gasteiger partial charge in [0, 0.05) is 18.0 Å². The van der Waals surface area contributed by atoms with Crippen molar-refractivity contribution in [2.45, 2.75) is 6.92 Å². The highest BCUT2D eigenvalue weighted by Crippen LogP contribution is 2.16. The first kappa shape index (κ1) is 11.1. The number of hydrogen-bond donors (Lipinski definition) is 2. The summed E-state index contributed by atoms with van der Waals surface area (Å²) in [5, 5.41) is 13.6. The molecule has 0 aliphatic carbocycles. The number of hydrogen-bond acceptors (Lipinski definition) is 5. The van der Waals surface area contributed by atoms with E-state index in [9.17, 15) is 5.11 Å². The summed E-state index contributed by atoms with van der Waals surface area (Å²) in [6.45, 7) is 1.91. The number of anilines is 1. The van der Waals surface area contributed by atoms with Crippen molar-refractivity contribution >= 4 is 12.2 Å². The van der Waals surface area contributed by atoms with E-state index in [2.05, 4.69) is 20.5 Å². The first-order valence-electron chi connectivity index (χ1n) is 5.11. The summed E-state index contributed by atoms with van der Waals surface area (Å²) in [6, 6.07) is 7.10. The molecule has 0 aliphatic rings. The molecule has 0 saturated carbocycles. The Labute approximate surface area is 98.9 Å². The number of nitrogens with one attached hydrogen (secondary N) is 1. The molecule has 2 aromatic rings. The molecular formula is C12H12N4O. The number of nitrogens with zero attached hydrogens (tertiary/aromatic N) is 3. The van der Waals surface area contributed by atoms with E-state index in [1.165, 1.54) is 6.21 Å². The first-order valence-corrected chi connectivity index (χ1v) is 5.11. The van der Waals surface area contributed by atoms with E-state index >= 15 is 0 Å². The predicted octanol–water partition coefficient (Wildman–Crippen LogP) is 1.94. The Hall–Kier alpha value is -2.43. The van der Waals surface area contributed by atoms with Crippen LogP contribution in [0.1, 0.15) is 11.1 Å². The molecule has 2 rings (SSSR count). The van der Waals surface area contributed by atoms with Crippen LogP contribution in [0.5, 0.6) is 5.75 Å². The topological polar surface area (TPSA) is 70.4 Å². The standard InChI is InChI=1S/C12H12N4O/c1-9-3-4-10(11(17)7-9)8-15-16-12-13-5-2-6-14-12/h2-8,17H,1H3,(H,13,14,16)/b15-8+.